The fourth-order valence-electron chi connectivity index (χ4n) is 3.31. The van der Waals surface area contributed by atoms with E-state index in [1.165, 1.54) is 18.4 Å². The van der Waals surface area contributed by atoms with Crippen LogP contribution in [-0.4, -0.2) is 43.7 Å². The van der Waals surface area contributed by atoms with Crippen molar-refractivity contribution >= 4 is 29.9 Å². The van der Waals surface area contributed by atoms with E-state index < -0.39 is 0 Å². The highest BCUT2D eigenvalue weighted by Crippen LogP contribution is 2.35. The average Bonchev–Trinajstić information content (AvgIpc) is 3.18. The van der Waals surface area contributed by atoms with E-state index in [2.05, 4.69) is 36.2 Å². The van der Waals surface area contributed by atoms with Crippen LogP contribution in [0.4, 0.5) is 0 Å². The molecule has 0 amide bonds. The summed E-state index contributed by atoms with van der Waals surface area (Å²) >= 11 is 0. The minimum atomic E-state index is 0. The number of ether oxygens (including phenoxy) is 2. The van der Waals surface area contributed by atoms with Crippen molar-refractivity contribution in [2.24, 2.45) is 4.99 Å². The summed E-state index contributed by atoms with van der Waals surface area (Å²) in [5.74, 6) is 2.89. The molecular weight excluding hydrogens is 417 g/mol. The Morgan fingerprint density at radius 3 is 2.79 bits per heavy atom. The van der Waals surface area contributed by atoms with Crippen molar-refractivity contribution in [3.05, 3.63) is 23.3 Å². The summed E-state index contributed by atoms with van der Waals surface area (Å²) in [5.41, 5.74) is 2.31. The minimum absolute atomic E-state index is 0. The summed E-state index contributed by atoms with van der Waals surface area (Å²) in [6.07, 6.45) is 3.69. The van der Waals surface area contributed by atoms with Crippen LogP contribution < -0.4 is 14.8 Å². The van der Waals surface area contributed by atoms with Crippen molar-refractivity contribution in [3.8, 4) is 11.5 Å². The van der Waals surface area contributed by atoms with Crippen LogP contribution in [-0.2, 0) is 13.0 Å². The number of halogens is 1. The maximum absolute atomic E-state index is 5.87. The molecule has 1 aromatic rings. The molecule has 0 bridgehead atoms. The summed E-state index contributed by atoms with van der Waals surface area (Å²) in [7, 11) is 1.72. The third-order valence-electron chi connectivity index (χ3n) is 4.44. The van der Waals surface area contributed by atoms with Crippen molar-refractivity contribution in [2.45, 2.75) is 45.8 Å². The van der Waals surface area contributed by atoms with E-state index in [1.54, 1.807) is 7.11 Å². The number of benzene rings is 1. The van der Waals surface area contributed by atoms with Gasteiger partial charge in [-0.3, -0.25) is 0 Å². The molecule has 3 rings (SSSR count). The van der Waals surface area contributed by atoms with Gasteiger partial charge >= 0.3 is 0 Å². The van der Waals surface area contributed by atoms with Crippen LogP contribution in [0.1, 0.15) is 37.8 Å². The maximum Gasteiger partial charge on any atom is 0.194 e. The van der Waals surface area contributed by atoms with Crippen LogP contribution in [0.2, 0.25) is 0 Å². The Hall–Kier alpha value is -1.18. The smallest absolute Gasteiger partial charge is 0.194 e. The van der Waals surface area contributed by atoms with E-state index >= 15 is 0 Å². The first-order chi connectivity index (χ1) is 11.2. The molecule has 1 atom stereocenters. The van der Waals surface area contributed by atoms with Gasteiger partial charge in [0.1, 0.15) is 17.6 Å². The lowest BCUT2D eigenvalue weighted by atomic mass is 10.1. The van der Waals surface area contributed by atoms with Crippen LogP contribution in [0, 0.1) is 0 Å². The first kappa shape index (κ1) is 19.1. The molecule has 1 aromatic carbocycles. The third kappa shape index (κ3) is 4.26. The van der Waals surface area contributed by atoms with Gasteiger partial charge in [-0.25, -0.2) is 4.99 Å². The van der Waals surface area contributed by atoms with Gasteiger partial charge in [0, 0.05) is 37.2 Å². The quantitative estimate of drug-likeness (QED) is 0.440. The molecule has 2 aliphatic heterocycles. The summed E-state index contributed by atoms with van der Waals surface area (Å²) in [5, 5.41) is 3.40. The van der Waals surface area contributed by atoms with Gasteiger partial charge in [-0.15, -0.1) is 24.0 Å². The fraction of sp³-hybridized carbons (Fsp3) is 0.611. The lowest BCUT2D eigenvalue weighted by molar-refractivity contribution is 0.254. The van der Waals surface area contributed by atoms with Gasteiger partial charge in [0.15, 0.2) is 5.96 Å². The van der Waals surface area contributed by atoms with E-state index in [9.17, 15) is 0 Å². The minimum Gasteiger partial charge on any atom is -0.496 e. The zero-order valence-corrected chi connectivity index (χ0v) is 17.1. The van der Waals surface area contributed by atoms with Gasteiger partial charge in [0.2, 0.25) is 0 Å². The number of aliphatic imine (C=N–C) groups is 1. The molecule has 2 aliphatic rings. The Balaban J connectivity index is 0.00000208. The normalized spacial score (nSPS) is 19.5. The van der Waals surface area contributed by atoms with Gasteiger partial charge in [-0.2, -0.15) is 0 Å². The number of hydrogen-bond acceptors (Lipinski definition) is 3. The molecule has 0 aromatic heterocycles. The second-order valence-corrected chi connectivity index (χ2v) is 6.27. The predicted octanol–water partition coefficient (Wildman–Crippen LogP) is 3.20. The Labute approximate surface area is 161 Å². The molecule has 1 unspecified atom stereocenters. The van der Waals surface area contributed by atoms with Crippen molar-refractivity contribution in [3.63, 3.8) is 0 Å². The molecule has 1 saturated heterocycles. The predicted molar refractivity (Wildman–Crippen MR) is 108 cm³/mol. The summed E-state index contributed by atoms with van der Waals surface area (Å²) in [4.78, 5) is 7.15. The van der Waals surface area contributed by atoms with Crippen LogP contribution >= 0.6 is 24.0 Å². The summed E-state index contributed by atoms with van der Waals surface area (Å²) < 4.78 is 11.4. The van der Waals surface area contributed by atoms with Crippen molar-refractivity contribution in [1.29, 1.82) is 0 Å². The highest BCUT2D eigenvalue weighted by Gasteiger charge is 2.22. The average molecular weight is 445 g/mol. The van der Waals surface area contributed by atoms with Gasteiger partial charge in [-0.1, -0.05) is 0 Å². The van der Waals surface area contributed by atoms with Crippen molar-refractivity contribution in [1.82, 2.24) is 10.2 Å². The number of nitrogens with one attached hydrogen (secondary N) is 1. The summed E-state index contributed by atoms with van der Waals surface area (Å²) in [6.45, 7) is 7.88. The molecule has 1 fully saturated rings. The number of likely N-dealkylation sites (tertiary alicyclic amines) is 1. The number of hydrogen-bond donors (Lipinski definition) is 1. The van der Waals surface area contributed by atoms with Crippen molar-refractivity contribution in [2.75, 3.05) is 26.7 Å². The molecule has 0 aliphatic carbocycles. The molecule has 134 valence electrons. The highest BCUT2D eigenvalue weighted by molar-refractivity contribution is 14.0. The Morgan fingerprint density at radius 2 is 2.12 bits per heavy atom. The molecule has 2 heterocycles. The molecule has 0 radical (unpaired) electrons. The molecule has 0 saturated carbocycles. The Morgan fingerprint density at radius 1 is 1.38 bits per heavy atom. The van der Waals surface area contributed by atoms with Crippen LogP contribution in [0.3, 0.4) is 0 Å². The number of rotatable bonds is 4. The lowest BCUT2D eigenvalue weighted by Gasteiger charge is -2.21. The largest absolute Gasteiger partial charge is 0.496 e. The second kappa shape index (κ2) is 8.78. The van der Waals surface area contributed by atoms with E-state index in [4.69, 9.17) is 14.5 Å². The Bertz CT molecular complexity index is 586. The summed E-state index contributed by atoms with van der Waals surface area (Å²) in [6, 6.07) is 4.20. The molecule has 0 spiro atoms. The van der Waals surface area contributed by atoms with E-state index in [0.29, 0.717) is 6.54 Å². The van der Waals surface area contributed by atoms with E-state index in [0.717, 1.165) is 49.1 Å². The van der Waals surface area contributed by atoms with Crippen LogP contribution in [0.25, 0.3) is 0 Å². The fourth-order valence-corrected chi connectivity index (χ4v) is 3.31. The topological polar surface area (TPSA) is 46.1 Å². The SMILES string of the molecule is CCNC(=NCc1cc2c(cc1OC)CC(C)O2)N1CCCC1.I. The van der Waals surface area contributed by atoms with Gasteiger partial charge < -0.3 is 19.7 Å². The first-order valence-corrected chi connectivity index (χ1v) is 8.61. The maximum atomic E-state index is 5.87. The lowest BCUT2D eigenvalue weighted by Crippen LogP contribution is -2.39. The molecule has 1 N–H and O–H groups in total. The standard InChI is InChI=1S/C18H27N3O2.HI/c1-4-19-18(21-7-5-6-8-21)20-12-15-11-17-14(9-13(2)23-17)10-16(15)22-3;/h10-11,13H,4-9,12H2,1-3H3,(H,19,20);1H. The van der Waals surface area contributed by atoms with Crippen LogP contribution in [0.5, 0.6) is 11.5 Å². The zero-order chi connectivity index (χ0) is 16.2. The molecular formula is C18H28IN3O2. The highest BCUT2D eigenvalue weighted by atomic mass is 127. The first-order valence-electron chi connectivity index (χ1n) is 8.61. The molecule has 24 heavy (non-hydrogen) atoms. The number of nitrogens with zero attached hydrogens (tertiary/aromatic N) is 2. The number of guanidine groups is 1. The third-order valence-corrected chi connectivity index (χ3v) is 4.44. The number of fused-ring (bicyclic) bond motifs is 1. The zero-order valence-electron chi connectivity index (χ0n) is 14.8. The van der Waals surface area contributed by atoms with Gasteiger partial charge in [0.05, 0.1) is 13.7 Å². The van der Waals surface area contributed by atoms with Gasteiger partial charge in [-0.05, 0) is 38.8 Å². The van der Waals surface area contributed by atoms with Crippen molar-refractivity contribution < 1.29 is 9.47 Å². The van der Waals surface area contributed by atoms with E-state index in [-0.39, 0.29) is 30.1 Å². The van der Waals surface area contributed by atoms with Crippen LogP contribution in [0.15, 0.2) is 17.1 Å². The molecule has 5 nitrogen and oxygen atoms in total. The monoisotopic (exact) mass is 445 g/mol. The number of methoxy groups -OCH3 is 1. The van der Waals surface area contributed by atoms with E-state index in [1.807, 2.05) is 0 Å². The second-order valence-electron chi connectivity index (χ2n) is 6.27. The molecule has 6 heteroatoms. The van der Waals surface area contributed by atoms with Gasteiger partial charge in [0.25, 0.3) is 0 Å². The Kier molecular flexibility index (Phi) is 7.01.